The Kier molecular flexibility index (Phi) is 9.53. The highest BCUT2D eigenvalue weighted by Crippen LogP contribution is 2.33. The lowest BCUT2D eigenvalue weighted by Crippen LogP contribution is -2.51. The number of amides is 3. The molecule has 9 nitrogen and oxygen atoms in total. The summed E-state index contributed by atoms with van der Waals surface area (Å²) in [6.45, 7) is 7.92. The van der Waals surface area contributed by atoms with Gasteiger partial charge in [-0.25, -0.2) is 4.79 Å². The summed E-state index contributed by atoms with van der Waals surface area (Å²) in [6, 6.07) is 8.29. The second kappa shape index (κ2) is 13.3. The third-order valence-electron chi connectivity index (χ3n) is 8.65. The first-order valence-electron chi connectivity index (χ1n) is 15.8. The molecule has 2 aliphatic heterocycles. The molecule has 0 aromatic heterocycles. The van der Waals surface area contributed by atoms with Gasteiger partial charge in [0, 0.05) is 43.5 Å². The number of rotatable bonds is 8. The number of likely N-dealkylation sites (tertiary alicyclic amines) is 1. The SMILES string of the molecule is CC(C)(C)OC(=O)N1CCC(N(C(=O)C2=CNC(c3ccc(CC(=O)NCC4CCCCC4)cc3)=NC2)C2CC2)CC1. The molecule has 2 N–H and O–H groups in total. The molecule has 0 bridgehead atoms. The number of aliphatic imine (C=N–C) groups is 1. The van der Waals surface area contributed by atoms with Gasteiger partial charge in [-0.2, -0.15) is 0 Å². The van der Waals surface area contributed by atoms with Crippen LogP contribution in [0.4, 0.5) is 4.79 Å². The Bertz CT molecular complexity index is 1180. The number of benzene rings is 1. The topological polar surface area (TPSA) is 103 Å². The highest BCUT2D eigenvalue weighted by Gasteiger charge is 2.40. The van der Waals surface area contributed by atoms with Gasteiger partial charge in [-0.05, 0) is 70.8 Å². The molecule has 1 aromatic carbocycles. The molecule has 1 aromatic rings. The van der Waals surface area contributed by atoms with E-state index in [0.717, 1.165) is 49.2 Å². The maximum atomic E-state index is 13.6. The summed E-state index contributed by atoms with van der Waals surface area (Å²) >= 11 is 0. The lowest BCUT2D eigenvalue weighted by atomic mass is 9.89. The number of hydrogen-bond acceptors (Lipinski definition) is 6. The van der Waals surface area contributed by atoms with E-state index in [0.29, 0.717) is 37.5 Å². The van der Waals surface area contributed by atoms with Gasteiger partial charge >= 0.3 is 6.09 Å². The maximum absolute atomic E-state index is 13.6. The average Bonchev–Trinajstić information content (AvgIpc) is 3.82. The van der Waals surface area contributed by atoms with Crippen molar-refractivity contribution < 1.29 is 19.1 Å². The molecule has 2 heterocycles. The van der Waals surface area contributed by atoms with E-state index in [9.17, 15) is 14.4 Å². The van der Waals surface area contributed by atoms with E-state index in [1.54, 1.807) is 11.1 Å². The zero-order valence-electron chi connectivity index (χ0n) is 25.5. The van der Waals surface area contributed by atoms with Gasteiger partial charge in [0.15, 0.2) is 0 Å². The number of hydrogen-bond donors (Lipinski definition) is 2. The third kappa shape index (κ3) is 8.13. The molecule has 0 spiro atoms. The predicted octanol–water partition coefficient (Wildman–Crippen LogP) is 4.55. The van der Waals surface area contributed by atoms with Crippen molar-refractivity contribution in [3.8, 4) is 0 Å². The number of carbonyl (C=O) groups excluding carboxylic acids is 3. The van der Waals surface area contributed by atoms with Crippen LogP contribution in [0.3, 0.4) is 0 Å². The standard InChI is InChI=1S/C33H47N5O4/c1-33(2,3)42-32(41)37-17-15-28(16-18-37)38(27-13-14-27)31(40)26-21-35-30(36-22-26)25-11-9-23(10-12-25)19-29(39)34-20-24-7-5-4-6-8-24/h9-12,21,24,27-28H,4-8,13-20,22H2,1-3H3,(H,34,39)(H,35,36). The number of amidine groups is 1. The molecular formula is C33H47N5O4. The molecular weight excluding hydrogens is 530 g/mol. The van der Waals surface area contributed by atoms with Gasteiger partial charge in [0.05, 0.1) is 18.5 Å². The van der Waals surface area contributed by atoms with Gasteiger partial charge in [0.1, 0.15) is 11.4 Å². The first kappa shape index (κ1) is 30.1. The molecule has 5 rings (SSSR count). The van der Waals surface area contributed by atoms with Gasteiger partial charge < -0.3 is 25.2 Å². The predicted molar refractivity (Wildman–Crippen MR) is 163 cm³/mol. The quantitative estimate of drug-likeness (QED) is 0.472. The van der Waals surface area contributed by atoms with Crippen LogP contribution in [0.25, 0.3) is 0 Å². The lowest BCUT2D eigenvalue weighted by molar-refractivity contribution is -0.131. The van der Waals surface area contributed by atoms with Crippen LogP contribution in [0.5, 0.6) is 0 Å². The van der Waals surface area contributed by atoms with Gasteiger partial charge in [0.25, 0.3) is 5.91 Å². The lowest BCUT2D eigenvalue weighted by Gasteiger charge is -2.39. The van der Waals surface area contributed by atoms with Crippen molar-refractivity contribution in [2.24, 2.45) is 10.9 Å². The van der Waals surface area contributed by atoms with E-state index in [-0.39, 0.29) is 30.0 Å². The first-order chi connectivity index (χ1) is 20.2. The summed E-state index contributed by atoms with van der Waals surface area (Å²) in [5.41, 5.74) is 2.04. The van der Waals surface area contributed by atoms with Gasteiger partial charge in [-0.3, -0.25) is 14.6 Å². The van der Waals surface area contributed by atoms with E-state index >= 15 is 0 Å². The highest BCUT2D eigenvalue weighted by atomic mass is 16.6. The molecule has 0 unspecified atom stereocenters. The fourth-order valence-electron chi connectivity index (χ4n) is 6.19. The fourth-order valence-corrected chi connectivity index (χ4v) is 6.19. The summed E-state index contributed by atoms with van der Waals surface area (Å²) < 4.78 is 5.53. The van der Waals surface area contributed by atoms with E-state index in [1.165, 1.54) is 32.1 Å². The van der Waals surface area contributed by atoms with E-state index < -0.39 is 5.60 Å². The summed E-state index contributed by atoms with van der Waals surface area (Å²) in [4.78, 5) is 47.1. The van der Waals surface area contributed by atoms with Crippen LogP contribution in [0, 0.1) is 5.92 Å². The number of ether oxygens (including phenoxy) is 1. The maximum Gasteiger partial charge on any atom is 0.410 e. The van der Waals surface area contributed by atoms with E-state index in [4.69, 9.17) is 9.73 Å². The molecule has 3 fully saturated rings. The third-order valence-corrected chi connectivity index (χ3v) is 8.65. The molecule has 4 aliphatic rings. The Balaban J connectivity index is 1.10. The highest BCUT2D eigenvalue weighted by molar-refractivity contribution is 6.03. The van der Waals surface area contributed by atoms with Crippen molar-refractivity contribution in [3.63, 3.8) is 0 Å². The van der Waals surface area contributed by atoms with Crippen LogP contribution in [0.15, 0.2) is 41.0 Å². The Hall–Kier alpha value is -3.36. The van der Waals surface area contributed by atoms with Crippen LogP contribution in [-0.2, 0) is 20.7 Å². The van der Waals surface area contributed by atoms with Crippen molar-refractivity contribution in [1.29, 1.82) is 0 Å². The minimum Gasteiger partial charge on any atom is -0.444 e. The zero-order valence-corrected chi connectivity index (χ0v) is 25.5. The Morgan fingerprint density at radius 2 is 1.64 bits per heavy atom. The van der Waals surface area contributed by atoms with Crippen LogP contribution >= 0.6 is 0 Å². The van der Waals surface area contributed by atoms with Crippen molar-refractivity contribution in [3.05, 3.63) is 47.2 Å². The van der Waals surface area contributed by atoms with Gasteiger partial charge in [0.2, 0.25) is 5.91 Å². The second-order valence-electron chi connectivity index (χ2n) is 13.3. The van der Waals surface area contributed by atoms with Crippen molar-refractivity contribution in [2.75, 3.05) is 26.2 Å². The average molecular weight is 578 g/mol. The Morgan fingerprint density at radius 3 is 2.24 bits per heavy atom. The molecule has 228 valence electrons. The first-order valence-corrected chi connectivity index (χ1v) is 15.8. The molecule has 42 heavy (non-hydrogen) atoms. The number of nitrogens with one attached hydrogen (secondary N) is 2. The van der Waals surface area contributed by atoms with Gasteiger partial charge in [-0.1, -0.05) is 43.5 Å². The minimum atomic E-state index is -0.518. The molecule has 9 heteroatoms. The molecule has 0 atom stereocenters. The van der Waals surface area contributed by atoms with Crippen LogP contribution in [0.1, 0.15) is 89.7 Å². The molecule has 3 amide bonds. The van der Waals surface area contributed by atoms with Gasteiger partial charge in [-0.15, -0.1) is 0 Å². The largest absolute Gasteiger partial charge is 0.444 e. The van der Waals surface area contributed by atoms with Crippen LogP contribution in [-0.4, -0.2) is 77.4 Å². The molecule has 2 saturated carbocycles. The van der Waals surface area contributed by atoms with Crippen molar-refractivity contribution in [1.82, 2.24) is 20.4 Å². The van der Waals surface area contributed by atoms with Crippen molar-refractivity contribution >= 4 is 23.7 Å². The summed E-state index contributed by atoms with van der Waals surface area (Å²) in [7, 11) is 0. The smallest absolute Gasteiger partial charge is 0.410 e. The number of piperidine rings is 1. The van der Waals surface area contributed by atoms with Crippen LogP contribution in [0.2, 0.25) is 0 Å². The summed E-state index contributed by atoms with van der Waals surface area (Å²) in [5.74, 6) is 1.46. The van der Waals surface area contributed by atoms with E-state index in [1.807, 2.05) is 45.0 Å². The number of carbonyl (C=O) groups is 3. The summed E-state index contributed by atoms with van der Waals surface area (Å²) in [6.07, 6.45) is 11.8. The number of nitrogens with zero attached hydrogens (tertiary/aromatic N) is 3. The fraction of sp³-hybridized carbons (Fsp3) is 0.636. The molecule has 1 saturated heterocycles. The second-order valence-corrected chi connectivity index (χ2v) is 13.3. The molecule has 0 radical (unpaired) electrons. The summed E-state index contributed by atoms with van der Waals surface area (Å²) in [5, 5.41) is 6.35. The molecule has 2 aliphatic carbocycles. The monoisotopic (exact) mass is 577 g/mol. The van der Waals surface area contributed by atoms with E-state index in [2.05, 4.69) is 15.5 Å². The Labute approximate surface area is 250 Å². The van der Waals surface area contributed by atoms with Crippen LogP contribution < -0.4 is 10.6 Å². The van der Waals surface area contributed by atoms with Crippen molar-refractivity contribution in [2.45, 2.75) is 103 Å². The zero-order chi connectivity index (χ0) is 29.7. The Morgan fingerprint density at radius 1 is 0.976 bits per heavy atom. The minimum absolute atomic E-state index is 0.0399. The normalized spacial score (nSPS) is 20.2.